The highest BCUT2D eigenvalue weighted by molar-refractivity contribution is 6.00. The van der Waals surface area contributed by atoms with Crippen LogP contribution in [0.15, 0.2) is 78.0 Å². The number of nitrogens with one attached hydrogen (secondary N) is 3. The van der Waals surface area contributed by atoms with Gasteiger partial charge in [-0.3, -0.25) is 9.59 Å². The predicted molar refractivity (Wildman–Crippen MR) is 136 cm³/mol. The van der Waals surface area contributed by atoms with Crippen LogP contribution < -0.4 is 16.2 Å². The van der Waals surface area contributed by atoms with Gasteiger partial charge in [-0.1, -0.05) is 18.2 Å². The van der Waals surface area contributed by atoms with Crippen molar-refractivity contribution in [2.75, 3.05) is 18.9 Å². The average Bonchev–Trinajstić information content (AvgIpc) is 3.56. The summed E-state index contributed by atoms with van der Waals surface area (Å²) < 4.78 is 1.82. The van der Waals surface area contributed by atoms with Crippen LogP contribution in [0.5, 0.6) is 0 Å². The molecule has 0 bridgehead atoms. The fraction of sp³-hybridized carbons (Fsp3) is 0.222. The quantitative estimate of drug-likeness (QED) is 0.349. The highest BCUT2D eigenvalue weighted by Crippen LogP contribution is 2.33. The van der Waals surface area contributed by atoms with E-state index in [1.165, 1.54) is 18.9 Å². The van der Waals surface area contributed by atoms with Gasteiger partial charge in [0.25, 0.3) is 5.56 Å². The van der Waals surface area contributed by atoms with Gasteiger partial charge in [0.1, 0.15) is 5.65 Å². The summed E-state index contributed by atoms with van der Waals surface area (Å²) in [6.07, 6.45) is 11.4. The Balaban J connectivity index is 1.45. The van der Waals surface area contributed by atoms with E-state index in [2.05, 4.69) is 26.7 Å². The van der Waals surface area contributed by atoms with Crippen LogP contribution in [0.25, 0.3) is 33.3 Å². The first kappa shape index (κ1) is 21.9. The normalized spacial score (nSPS) is 13.6. The van der Waals surface area contributed by atoms with Gasteiger partial charge in [-0.25, -0.2) is 4.98 Å². The van der Waals surface area contributed by atoms with Crippen LogP contribution in [-0.2, 0) is 11.3 Å². The molecular weight excluding hydrogens is 426 g/mol. The second-order valence-electron chi connectivity index (χ2n) is 8.70. The molecule has 0 unspecified atom stereocenters. The third kappa shape index (κ3) is 4.84. The van der Waals surface area contributed by atoms with Gasteiger partial charge in [-0.15, -0.1) is 0 Å². The first-order valence-corrected chi connectivity index (χ1v) is 11.5. The van der Waals surface area contributed by atoms with E-state index < -0.39 is 0 Å². The molecular formula is C27H27N5O2. The fourth-order valence-electron chi connectivity index (χ4n) is 4.06. The van der Waals surface area contributed by atoms with E-state index in [1.807, 2.05) is 60.5 Å². The summed E-state index contributed by atoms with van der Waals surface area (Å²) in [7, 11) is 1.83. The molecule has 3 aromatic heterocycles. The van der Waals surface area contributed by atoms with E-state index in [4.69, 9.17) is 0 Å². The van der Waals surface area contributed by atoms with Crippen molar-refractivity contribution in [3.05, 3.63) is 83.6 Å². The number of carbonyl (C=O) groups excluding carboxylic acids is 1. The van der Waals surface area contributed by atoms with E-state index in [0.29, 0.717) is 12.5 Å². The van der Waals surface area contributed by atoms with Crippen LogP contribution in [0.1, 0.15) is 12.8 Å². The first-order chi connectivity index (χ1) is 16.6. The van der Waals surface area contributed by atoms with Crippen molar-refractivity contribution < 1.29 is 4.79 Å². The number of fused-ring (bicyclic) bond motifs is 1. The molecule has 0 radical (unpaired) electrons. The molecule has 7 heteroatoms. The molecule has 0 saturated heterocycles. The number of anilines is 1. The van der Waals surface area contributed by atoms with E-state index in [1.54, 1.807) is 12.1 Å². The number of rotatable bonds is 8. The van der Waals surface area contributed by atoms with Crippen molar-refractivity contribution in [1.29, 1.82) is 0 Å². The maximum absolute atomic E-state index is 12.3. The van der Waals surface area contributed by atoms with Crippen molar-refractivity contribution in [2.45, 2.75) is 19.4 Å². The minimum atomic E-state index is -0.171. The molecule has 1 aliphatic carbocycles. The lowest BCUT2D eigenvalue weighted by molar-refractivity contribution is -0.111. The molecule has 1 aromatic carbocycles. The Hall–Kier alpha value is -3.97. The van der Waals surface area contributed by atoms with Gasteiger partial charge in [-0.05, 0) is 55.6 Å². The molecule has 5 rings (SSSR count). The Bertz CT molecular complexity index is 1430. The number of nitrogens with zero attached hydrogens (tertiary/aromatic N) is 2. The lowest BCUT2D eigenvalue weighted by Gasteiger charge is -2.08. The molecule has 7 nitrogen and oxygen atoms in total. The Morgan fingerprint density at radius 3 is 2.88 bits per heavy atom. The minimum Gasteiger partial charge on any atom is -0.346 e. The standard InChI is InChI=1S/C27H27N5O2/c1-28-11-3-6-25(33)31-22-5-2-4-19(12-22)21-13-23-24(15-30-27(23)29-14-21)20-9-10-26(34)32(17-20)16-18-7-8-18/h2-6,9-10,12-15,17-18,28H,7-8,11,16H2,1H3,(H,29,30)(H,31,33)/b6-3+. The SMILES string of the molecule is CNC/C=C/C(=O)Nc1cccc(-c2cnc3[nH]cc(-c4ccc(=O)n(CC5CC5)c4)c3c2)c1. The Kier molecular flexibility index (Phi) is 6.10. The number of aromatic amines is 1. The third-order valence-corrected chi connectivity index (χ3v) is 6.03. The number of benzene rings is 1. The first-order valence-electron chi connectivity index (χ1n) is 11.5. The van der Waals surface area contributed by atoms with Crippen LogP contribution in [-0.4, -0.2) is 34.0 Å². The van der Waals surface area contributed by atoms with Gasteiger partial charge in [0.2, 0.25) is 5.91 Å². The number of hydrogen-bond donors (Lipinski definition) is 3. The van der Waals surface area contributed by atoms with Crippen LogP contribution in [0.3, 0.4) is 0 Å². The average molecular weight is 454 g/mol. The lowest BCUT2D eigenvalue weighted by Crippen LogP contribution is -2.19. The number of H-pyrrole nitrogens is 1. The molecule has 1 amide bonds. The number of aromatic nitrogens is 3. The minimum absolute atomic E-state index is 0.0361. The maximum atomic E-state index is 12.3. The molecule has 4 aromatic rings. The molecule has 1 saturated carbocycles. The molecule has 1 fully saturated rings. The Morgan fingerprint density at radius 2 is 2.06 bits per heavy atom. The summed E-state index contributed by atoms with van der Waals surface area (Å²) in [4.78, 5) is 32.3. The largest absolute Gasteiger partial charge is 0.346 e. The van der Waals surface area contributed by atoms with E-state index in [9.17, 15) is 9.59 Å². The summed E-state index contributed by atoms with van der Waals surface area (Å²) in [5.74, 6) is 0.450. The van der Waals surface area contributed by atoms with Gasteiger partial charge < -0.3 is 20.2 Å². The van der Waals surface area contributed by atoms with Crippen molar-refractivity contribution in [3.63, 3.8) is 0 Å². The van der Waals surface area contributed by atoms with Gasteiger partial charge in [-0.2, -0.15) is 0 Å². The van der Waals surface area contributed by atoms with Crippen LogP contribution in [0.4, 0.5) is 5.69 Å². The zero-order valence-corrected chi connectivity index (χ0v) is 19.0. The van der Waals surface area contributed by atoms with E-state index >= 15 is 0 Å². The number of amides is 1. The summed E-state index contributed by atoms with van der Waals surface area (Å²) >= 11 is 0. The van der Waals surface area contributed by atoms with Gasteiger partial charge >= 0.3 is 0 Å². The zero-order valence-electron chi connectivity index (χ0n) is 19.0. The Morgan fingerprint density at radius 1 is 1.18 bits per heavy atom. The summed E-state index contributed by atoms with van der Waals surface area (Å²) in [6, 6.07) is 13.3. The second kappa shape index (κ2) is 9.49. The van der Waals surface area contributed by atoms with E-state index in [-0.39, 0.29) is 11.5 Å². The van der Waals surface area contributed by atoms with E-state index in [0.717, 1.165) is 45.5 Å². The van der Waals surface area contributed by atoms with Crippen LogP contribution >= 0.6 is 0 Å². The summed E-state index contributed by atoms with van der Waals surface area (Å²) in [6.45, 7) is 1.41. The molecule has 0 aliphatic heterocycles. The smallest absolute Gasteiger partial charge is 0.250 e. The molecule has 172 valence electrons. The maximum Gasteiger partial charge on any atom is 0.250 e. The number of pyridine rings is 2. The zero-order chi connectivity index (χ0) is 23.5. The van der Waals surface area contributed by atoms with Crippen molar-refractivity contribution in [2.24, 2.45) is 5.92 Å². The number of hydrogen-bond acceptors (Lipinski definition) is 4. The second-order valence-corrected chi connectivity index (χ2v) is 8.70. The molecule has 1 aliphatic rings. The molecule has 0 atom stereocenters. The molecule has 0 spiro atoms. The fourth-order valence-corrected chi connectivity index (χ4v) is 4.06. The number of carbonyl (C=O) groups is 1. The Labute approximate surface area is 197 Å². The summed E-state index contributed by atoms with van der Waals surface area (Å²) in [5.41, 5.74) is 5.44. The van der Waals surface area contributed by atoms with Crippen LogP contribution in [0.2, 0.25) is 0 Å². The van der Waals surface area contributed by atoms with Gasteiger partial charge in [0.15, 0.2) is 0 Å². The monoisotopic (exact) mass is 453 g/mol. The highest BCUT2D eigenvalue weighted by atomic mass is 16.1. The number of likely N-dealkylation sites (N-methyl/N-ethyl adjacent to an activating group) is 1. The molecule has 3 N–H and O–H groups in total. The summed E-state index contributed by atoms with van der Waals surface area (Å²) in [5, 5.41) is 6.85. The highest BCUT2D eigenvalue weighted by Gasteiger charge is 2.22. The third-order valence-electron chi connectivity index (χ3n) is 6.03. The van der Waals surface area contributed by atoms with Crippen molar-refractivity contribution >= 4 is 22.6 Å². The van der Waals surface area contributed by atoms with Crippen molar-refractivity contribution in [1.82, 2.24) is 19.9 Å². The van der Waals surface area contributed by atoms with Crippen molar-refractivity contribution in [3.8, 4) is 22.3 Å². The lowest BCUT2D eigenvalue weighted by atomic mass is 10.0. The van der Waals surface area contributed by atoms with Gasteiger partial charge in [0, 0.05) is 71.6 Å². The topological polar surface area (TPSA) is 91.8 Å². The van der Waals surface area contributed by atoms with Crippen LogP contribution in [0, 0.1) is 5.92 Å². The molecule has 3 heterocycles. The van der Waals surface area contributed by atoms with Gasteiger partial charge in [0.05, 0.1) is 0 Å². The molecule has 34 heavy (non-hydrogen) atoms. The predicted octanol–water partition coefficient (Wildman–Crippen LogP) is 4.18.